The van der Waals surface area contributed by atoms with Crippen molar-refractivity contribution in [1.29, 1.82) is 0 Å². The number of likely N-dealkylation sites (tertiary alicyclic amines) is 1. The molecule has 0 N–H and O–H groups in total. The molecule has 1 atom stereocenters. The van der Waals surface area contributed by atoms with Gasteiger partial charge in [-0.15, -0.1) is 11.3 Å². The van der Waals surface area contributed by atoms with Crippen LogP contribution in [0, 0.1) is 12.8 Å². The molecule has 2 aromatic heterocycles. The molecule has 4 rings (SSSR count). The van der Waals surface area contributed by atoms with Crippen LogP contribution in [0.3, 0.4) is 0 Å². The monoisotopic (exact) mass is 466 g/mol. The van der Waals surface area contributed by atoms with Gasteiger partial charge in [-0.25, -0.2) is 0 Å². The van der Waals surface area contributed by atoms with Crippen molar-refractivity contribution in [2.24, 2.45) is 5.92 Å². The van der Waals surface area contributed by atoms with Gasteiger partial charge in [-0.2, -0.15) is 0 Å². The van der Waals surface area contributed by atoms with Crippen LogP contribution in [0.15, 0.2) is 36.4 Å². The second kappa shape index (κ2) is 9.34. The molecule has 0 aliphatic carbocycles. The number of aromatic nitrogens is 1. The molecular weight excluding hydrogens is 432 g/mol. The van der Waals surface area contributed by atoms with Crippen molar-refractivity contribution in [3.05, 3.63) is 58.1 Å². The minimum atomic E-state index is -0.237. The number of rotatable bonds is 5. The third kappa shape index (κ3) is 5.01. The summed E-state index contributed by atoms with van der Waals surface area (Å²) >= 11 is 1.71. The number of thiophene rings is 1. The van der Waals surface area contributed by atoms with Gasteiger partial charge < -0.3 is 14.2 Å². The Hall–Kier alpha value is -2.60. The quantitative estimate of drug-likeness (QED) is 0.449. The first-order valence-corrected chi connectivity index (χ1v) is 12.6. The average molecular weight is 467 g/mol. The number of carbonyl (C=O) groups is 2. The van der Waals surface area contributed by atoms with Crippen molar-refractivity contribution in [3.63, 3.8) is 0 Å². The van der Waals surface area contributed by atoms with Gasteiger partial charge >= 0.3 is 5.97 Å². The number of benzene rings is 1. The summed E-state index contributed by atoms with van der Waals surface area (Å²) in [7, 11) is 0. The molecule has 5 nitrogen and oxygen atoms in total. The summed E-state index contributed by atoms with van der Waals surface area (Å²) in [4.78, 5) is 29.0. The van der Waals surface area contributed by atoms with Crippen LogP contribution in [0.1, 0.15) is 67.0 Å². The molecule has 3 heterocycles. The van der Waals surface area contributed by atoms with E-state index in [2.05, 4.69) is 62.6 Å². The van der Waals surface area contributed by atoms with E-state index in [1.165, 1.54) is 16.0 Å². The fourth-order valence-electron chi connectivity index (χ4n) is 4.58. The highest BCUT2D eigenvalue weighted by atomic mass is 32.1. The third-order valence-electron chi connectivity index (χ3n) is 6.42. The highest BCUT2D eigenvalue weighted by molar-refractivity contribution is 7.19. The summed E-state index contributed by atoms with van der Waals surface area (Å²) in [6.07, 6.45) is 1.59. The first-order valence-electron chi connectivity index (χ1n) is 11.8. The molecule has 0 spiro atoms. The SMILES string of the molecule is CCOC(=O)[C@@H]1CCCN(C(=O)c2cc3sc(C)cc3n2Cc2ccc(C(C)(C)C)cc2)C1. The molecule has 6 heteroatoms. The zero-order chi connectivity index (χ0) is 23.8. The molecular formula is C27H34N2O3S. The Balaban J connectivity index is 1.63. The lowest BCUT2D eigenvalue weighted by molar-refractivity contribution is -0.149. The number of amides is 1. The fraction of sp³-hybridized carbons (Fsp3) is 0.481. The van der Waals surface area contributed by atoms with Crippen LogP contribution in [-0.2, 0) is 21.5 Å². The molecule has 0 radical (unpaired) electrons. The minimum absolute atomic E-state index is 0.00337. The third-order valence-corrected chi connectivity index (χ3v) is 7.41. The highest BCUT2D eigenvalue weighted by Gasteiger charge is 2.31. The largest absolute Gasteiger partial charge is 0.466 e. The Morgan fingerprint density at radius 2 is 1.88 bits per heavy atom. The number of fused-ring (bicyclic) bond motifs is 1. The molecule has 1 aromatic carbocycles. The van der Waals surface area contributed by atoms with E-state index >= 15 is 0 Å². The highest BCUT2D eigenvalue weighted by Crippen LogP contribution is 2.31. The zero-order valence-corrected chi connectivity index (χ0v) is 21.1. The fourth-order valence-corrected chi connectivity index (χ4v) is 5.54. The number of carbonyl (C=O) groups excluding carboxylic acids is 2. The maximum Gasteiger partial charge on any atom is 0.310 e. The van der Waals surface area contributed by atoms with E-state index in [4.69, 9.17) is 4.74 Å². The summed E-state index contributed by atoms with van der Waals surface area (Å²) in [6.45, 7) is 12.7. The van der Waals surface area contributed by atoms with E-state index in [1.54, 1.807) is 11.3 Å². The van der Waals surface area contributed by atoms with Crippen LogP contribution >= 0.6 is 11.3 Å². The Bertz CT molecular complexity index is 1150. The van der Waals surface area contributed by atoms with Gasteiger partial charge in [-0.1, -0.05) is 45.0 Å². The van der Waals surface area contributed by atoms with Crippen molar-refractivity contribution >= 4 is 33.4 Å². The average Bonchev–Trinajstić information content (AvgIpc) is 3.30. The van der Waals surface area contributed by atoms with E-state index < -0.39 is 0 Å². The Kier molecular flexibility index (Phi) is 6.66. The molecule has 0 unspecified atom stereocenters. The second-order valence-corrected chi connectivity index (χ2v) is 11.3. The molecule has 33 heavy (non-hydrogen) atoms. The van der Waals surface area contributed by atoms with Crippen molar-refractivity contribution in [2.45, 2.75) is 59.4 Å². The lowest BCUT2D eigenvalue weighted by Crippen LogP contribution is -2.43. The van der Waals surface area contributed by atoms with Gasteiger partial charge in [0.15, 0.2) is 0 Å². The first-order chi connectivity index (χ1) is 15.7. The number of piperidine rings is 1. The lowest BCUT2D eigenvalue weighted by atomic mass is 9.87. The molecule has 3 aromatic rings. The number of hydrogen-bond donors (Lipinski definition) is 0. The molecule has 0 bridgehead atoms. The maximum absolute atomic E-state index is 13.6. The zero-order valence-electron chi connectivity index (χ0n) is 20.3. The topological polar surface area (TPSA) is 51.5 Å². The van der Waals surface area contributed by atoms with Crippen LogP contribution in [0.2, 0.25) is 0 Å². The minimum Gasteiger partial charge on any atom is -0.466 e. The summed E-state index contributed by atoms with van der Waals surface area (Å²) in [5, 5.41) is 0. The summed E-state index contributed by atoms with van der Waals surface area (Å²) in [6, 6.07) is 12.9. The molecule has 1 aliphatic rings. The molecule has 1 aliphatic heterocycles. The predicted octanol–water partition coefficient (Wildman–Crippen LogP) is 5.77. The number of esters is 1. The van der Waals surface area contributed by atoms with E-state index in [-0.39, 0.29) is 23.2 Å². The van der Waals surface area contributed by atoms with Crippen molar-refractivity contribution in [3.8, 4) is 0 Å². The normalized spacial score (nSPS) is 16.9. The van der Waals surface area contributed by atoms with Crippen LogP contribution < -0.4 is 0 Å². The predicted molar refractivity (Wildman–Crippen MR) is 134 cm³/mol. The van der Waals surface area contributed by atoms with Gasteiger partial charge in [0.25, 0.3) is 5.91 Å². The number of ether oxygens (including phenoxy) is 1. The Morgan fingerprint density at radius 1 is 1.15 bits per heavy atom. The van der Waals surface area contributed by atoms with Crippen LogP contribution in [0.4, 0.5) is 0 Å². The summed E-state index contributed by atoms with van der Waals surface area (Å²) < 4.78 is 8.49. The number of aryl methyl sites for hydroxylation is 1. The van der Waals surface area contributed by atoms with Gasteiger partial charge in [0.1, 0.15) is 5.69 Å². The van der Waals surface area contributed by atoms with E-state index in [1.807, 2.05) is 17.9 Å². The maximum atomic E-state index is 13.6. The van der Waals surface area contributed by atoms with Crippen molar-refractivity contribution in [1.82, 2.24) is 9.47 Å². The standard InChI is InChI=1S/C27H34N2O3S/c1-6-32-26(31)20-8-7-13-28(17-20)25(30)23-15-24-22(14-18(2)33-24)29(23)16-19-9-11-21(12-10-19)27(3,4)5/h9-12,14-15,20H,6-8,13,16-17H2,1-5H3/t20-/m1/s1. The smallest absolute Gasteiger partial charge is 0.310 e. The van der Waals surface area contributed by atoms with E-state index in [0.29, 0.717) is 31.9 Å². The molecule has 1 amide bonds. The van der Waals surface area contributed by atoms with Crippen LogP contribution in [0.25, 0.3) is 10.2 Å². The lowest BCUT2D eigenvalue weighted by Gasteiger charge is -2.31. The summed E-state index contributed by atoms with van der Waals surface area (Å²) in [5.41, 5.74) is 4.36. The number of hydrogen-bond acceptors (Lipinski definition) is 4. The molecule has 1 fully saturated rings. The van der Waals surface area contributed by atoms with Gasteiger partial charge in [-0.3, -0.25) is 9.59 Å². The first kappa shape index (κ1) is 23.6. The molecule has 0 saturated carbocycles. The summed E-state index contributed by atoms with van der Waals surface area (Å²) in [5.74, 6) is -0.434. The van der Waals surface area contributed by atoms with Gasteiger partial charge in [-0.05, 0) is 55.4 Å². The van der Waals surface area contributed by atoms with Gasteiger partial charge in [0.05, 0.1) is 22.7 Å². The van der Waals surface area contributed by atoms with Gasteiger partial charge in [0, 0.05) is 24.5 Å². The Morgan fingerprint density at radius 3 is 2.55 bits per heavy atom. The second-order valence-electron chi connectivity index (χ2n) is 10.0. The van der Waals surface area contributed by atoms with Crippen molar-refractivity contribution < 1.29 is 14.3 Å². The van der Waals surface area contributed by atoms with Gasteiger partial charge in [0.2, 0.25) is 0 Å². The van der Waals surface area contributed by atoms with Crippen molar-refractivity contribution in [2.75, 3.05) is 19.7 Å². The van der Waals surface area contributed by atoms with Crippen LogP contribution in [-0.4, -0.2) is 41.0 Å². The van der Waals surface area contributed by atoms with E-state index in [0.717, 1.165) is 23.1 Å². The van der Waals surface area contributed by atoms with Crippen LogP contribution in [0.5, 0.6) is 0 Å². The Labute approximate surface area is 200 Å². The molecule has 1 saturated heterocycles. The molecule has 176 valence electrons. The van der Waals surface area contributed by atoms with E-state index in [9.17, 15) is 9.59 Å². The number of nitrogens with zero attached hydrogens (tertiary/aromatic N) is 2.